The van der Waals surface area contributed by atoms with Crippen LogP contribution in [0.4, 0.5) is 0 Å². The number of hydrogen-bond acceptors (Lipinski definition) is 5. The number of hydrogen-bond donors (Lipinski definition) is 2. The molecule has 3 aromatic rings. The van der Waals surface area contributed by atoms with Crippen LogP contribution in [0.3, 0.4) is 0 Å². The Labute approximate surface area is 185 Å². The first kappa shape index (κ1) is 21.1. The molecule has 0 bridgehead atoms. The van der Waals surface area contributed by atoms with Gasteiger partial charge in [0.15, 0.2) is 0 Å². The number of rotatable bonds is 6. The van der Waals surface area contributed by atoms with Gasteiger partial charge in [-0.1, -0.05) is 65.3 Å². The number of nitrogens with one attached hydrogen (secondary N) is 2. The van der Waals surface area contributed by atoms with Crippen LogP contribution in [0.1, 0.15) is 30.2 Å². The second-order valence-electron chi connectivity index (χ2n) is 7.65. The molecule has 1 saturated carbocycles. The van der Waals surface area contributed by atoms with Crippen LogP contribution < -0.4 is 10.6 Å². The molecular weight excluding hydrogens is 416 g/mol. The molecule has 1 aromatic heterocycles. The smallest absolute Gasteiger partial charge is 0.232 e. The van der Waals surface area contributed by atoms with Gasteiger partial charge in [0.1, 0.15) is 0 Å². The third kappa shape index (κ3) is 4.77. The summed E-state index contributed by atoms with van der Waals surface area (Å²) in [6.45, 7) is 0. The Balaban J connectivity index is 1.53. The Morgan fingerprint density at radius 1 is 1.10 bits per heavy atom. The maximum Gasteiger partial charge on any atom is 0.232 e. The maximum absolute atomic E-state index is 12.7. The van der Waals surface area contributed by atoms with Crippen LogP contribution in [0.25, 0.3) is 11.4 Å². The van der Waals surface area contributed by atoms with Crippen LogP contribution in [0.5, 0.6) is 0 Å². The lowest BCUT2D eigenvalue weighted by Crippen LogP contribution is -2.38. The highest BCUT2D eigenvalue weighted by atomic mass is 35.5. The Kier molecular flexibility index (Phi) is 6.32. The van der Waals surface area contributed by atoms with Gasteiger partial charge in [0.25, 0.3) is 0 Å². The summed E-state index contributed by atoms with van der Waals surface area (Å²) in [6, 6.07) is 16.5. The summed E-state index contributed by atoms with van der Waals surface area (Å²) < 4.78 is 5.55. The van der Waals surface area contributed by atoms with E-state index in [0.29, 0.717) is 29.6 Å². The molecule has 8 heteroatoms. The van der Waals surface area contributed by atoms with Crippen molar-refractivity contribution in [2.24, 2.45) is 5.92 Å². The zero-order chi connectivity index (χ0) is 21.8. The standard InChI is InChI=1S/C23H23ClN4O3/c1-25-22(30)16-11-17(23-27-21(28-31-23)14-7-3-2-4-8-14)19(12-16)26-20(29)13-15-9-5-6-10-18(15)24/h2-10,16-17,19H,11-13H2,1H3,(H,25,30)(H,26,29). The molecule has 0 aliphatic heterocycles. The summed E-state index contributed by atoms with van der Waals surface area (Å²) in [6.07, 6.45) is 1.18. The molecule has 1 aliphatic rings. The van der Waals surface area contributed by atoms with Crippen molar-refractivity contribution < 1.29 is 14.1 Å². The molecule has 0 radical (unpaired) electrons. The van der Waals surface area contributed by atoms with Crippen molar-refractivity contribution in [3.05, 3.63) is 71.1 Å². The first-order valence-electron chi connectivity index (χ1n) is 10.2. The Morgan fingerprint density at radius 2 is 1.84 bits per heavy atom. The number of carbonyl (C=O) groups is 2. The molecule has 3 unspecified atom stereocenters. The van der Waals surface area contributed by atoms with Crippen LogP contribution >= 0.6 is 11.6 Å². The molecular formula is C23H23ClN4O3. The maximum atomic E-state index is 12.7. The SMILES string of the molecule is CNC(=O)C1CC(NC(=O)Cc2ccccc2Cl)C(c2nc(-c3ccccc3)no2)C1. The molecule has 7 nitrogen and oxygen atoms in total. The van der Waals surface area contributed by atoms with Crippen LogP contribution in [-0.4, -0.2) is 35.0 Å². The number of amides is 2. The molecule has 0 spiro atoms. The van der Waals surface area contributed by atoms with E-state index in [1.165, 1.54) is 0 Å². The van der Waals surface area contributed by atoms with Gasteiger partial charge in [-0.15, -0.1) is 0 Å². The number of carbonyl (C=O) groups excluding carboxylic acids is 2. The lowest BCUT2D eigenvalue weighted by Gasteiger charge is -2.18. The normalized spacial score (nSPS) is 20.4. The number of benzene rings is 2. The molecule has 1 aliphatic carbocycles. The van der Waals surface area contributed by atoms with Gasteiger partial charge in [0.05, 0.1) is 12.3 Å². The quantitative estimate of drug-likeness (QED) is 0.615. The van der Waals surface area contributed by atoms with E-state index in [4.69, 9.17) is 16.1 Å². The van der Waals surface area contributed by atoms with E-state index in [9.17, 15) is 9.59 Å². The third-order valence-corrected chi connectivity index (χ3v) is 5.99. The number of nitrogens with zero attached hydrogens (tertiary/aromatic N) is 2. The molecule has 2 aromatic carbocycles. The fourth-order valence-electron chi connectivity index (χ4n) is 4.05. The summed E-state index contributed by atoms with van der Waals surface area (Å²) in [7, 11) is 1.61. The highest BCUT2D eigenvalue weighted by Gasteiger charge is 2.42. The Bertz CT molecular complexity index is 1070. The molecule has 2 N–H and O–H groups in total. The van der Waals surface area contributed by atoms with E-state index in [0.717, 1.165) is 11.1 Å². The van der Waals surface area contributed by atoms with Crippen LogP contribution in [0, 0.1) is 5.92 Å². The fraction of sp³-hybridized carbons (Fsp3) is 0.304. The van der Waals surface area contributed by atoms with Gasteiger partial charge in [0.2, 0.25) is 23.5 Å². The highest BCUT2D eigenvalue weighted by molar-refractivity contribution is 6.31. The Morgan fingerprint density at radius 3 is 2.58 bits per heavy atom. The van der Waals surface area contributed by atoms with Gasteiger partial charge in [0, 0.05) is 29.6 Å². The number of aromatic nitrogens is 2. The average Bonchev–Trinajstić information content (AvgIpc) is 3.43. The van der Waals surface area contributed by atoms with E-state index in [2.05, 4.69) is 20.8 Å². The van der Waals surface area contributed by atoms with Crippen molar-refractivity contribution in [2.45, 2.75) is 31.2 Å². The van der Waals surface area contributed by atoms with Crippen LogP contribution in [0.15, 0.2) is 59.1 Å². The summed E-state index contributed by atoms with van der Waals surface area (Å²) >= 11 is 6.19. The van der Waals surface area contributed by atoms with Crippen LogP contribution in [0.2, 0.25) is 5.02 Å². The highest BCUT2D eigenvalue weighted by Crippen LogP contribution is 2.38. The molecule has 31 heavy (non-hydrogen) atoms. The predicted octanol–water partition coefficient (Wildman–Crippen LogP) is 3.36. The second kappa shape index (κ2) is 9.31. The first-order valence-corrected chi connectivity index (χ1v) is 10.6. The van der Waals surface area contributed by atoms with Crippen molar-refractivity contribution in [1.82, 2.24) is 20.8 Å². The van der Waals surface area contributed by atoms with Crippen molar-refractivity contribution in [1.29, 1.82) is 0 Å². The lowest BCUT2D eigenvalue weighted by molar-refractivity contribution is -0.125. The first-order chi connectivity index (χ1) is 15.0. The molecule has 1 heterocycles. The fourth-order valence-corrected chi connectivity index (χ4v) is 4.25. The van der Waals surface area contributed by atoms with Gasteiger partial charge in [-0.2, -0.15) is 4.98 Å². The van der Waals surface area contributed by atoms with Crippen molar-refractivity contribution in [3.63, 3.8) is 0 Å². The van der Waals surface area contributed by atoms with Crippen LogP contribution in [-0.2, 0) is 16.0 Å². The number of halogens is 1. The molecule has 1 fully saturated rings. The van der Waals surface area contributed by atoms with Gasteiger partial charge < -0.3 is 15.2 Å². The molecule has 160 valence electrons. The summed E-state index contributed by atoms with van der Waals surface area (Å²) in [5.74, 6) is 0.197. The molecule has 2 amide bonds. The largest absolute Gasteiger partial charge is 0.359 e. The van der Waals surface area contributed by atoms with Crippen molar-refractivity contribution in [3.8, 4) is 11.4 Å². The van der Waals surface area contributed by atoms with E-state index in [-0.39, 0.29) is 36.1 Å². The topological polar surface area (TPSA) is 97.1 Å². The average molecular weight is 439 g/mol. The predicted molar refractivity (Wildman–Crippen MR) is 116 cm³/mol. The minimum absolute atomic E-state index is 0.0596. The summed E-state index contributed by atoms with van der Waals surface area (Å²) in [5.41, 5.74) is 1.60. The molecule has 3 atom stereocenters. The zero-order valence-corrected chi connectivity index (χ0v) is 17.8. The summed E-state index contributed by atoms with van der Waals surface area (Å²) in [5, 5.41) is 10.4. The van der Waals surface area contributed by atoms with Gasteiger partial charge >= 0.3 is 0 Å². The van der Waals surface area contributed by atoms with Gasteiger partial charge in [-0.05, 0) is 24.5 Å². The minimum Gasteiger partial charge on any atom is -0.359 e. The molecule has 0 saturated heterocycles. The van der Waals surface area contributed by atoms with Gasteiger partial charge in [-0.3, -0.25) is 9.59 Å². The van der Waals surface area contributed by atoms with E-state index < -0.39 is 0 Å². The zero-order valence-electron chi connectivity index (χ0n) is 17.0. The molecule has 4 rings (SSSR count). The van der Waals surface area contributed by atoms with Crippen molar-refractivity contribution >= 4 is 23.4 Å². The van der Waals surface area contributed by atoms with Crippen molar-refractivity contribution in [2.75, 3.05) is 7.05 Å². The minimum atomic E-state index is -0.290. The third-order valence-electron chi connectivity index (χ3n) is 5.63. The van der Waals surface area contributed by atoms with E-state index >= 15 is 0 Å². The van der Waals surface area contributed by atoms with E-state index in [1.807, 2.05) is 48.5 Å². The van der Waals surface area contributed by atoms with E-state index in [1.54, 1.807) is 13.1 Å². The van der Waals surface area contributed by atoms with Gasteiger partial charge in [-0.25, -0.2) is 0 Å². The second-order valence-corrected chi connectivity index (χ2v) is 8.06. The Hall–Kier alpha value is -3.19. The summed E-state index contributed by atoms with van der Waals surface area (Å²) in [4.78, 5) is 29.6. The lowest BCUT2D eigenvalue weighted by atomic mass is 10.0. The monoisotopic (exact) mass is 438 g/mol.